The van der Waals surface area contributed by atoms with Gasteiger partial charge in [0, 0.05) is 26.2 Å². The summed E-state index contributed by atoms with van der Waals surface area (Å²) in [6, 6.07) is 28.3. The first-order valence-electron chi connectivity index (χ1n) is 12.9. The summed E-state index contributed by atoms with van der Waals surface area (Å²) in [6.45, 7) is 1.10. The maximum absolute atomic E-state index is 13.0. The van der Waals surface area contributed by atoms with Gasteiger partial charge in [-0.1, -0.05) is 72.8 Å². The predicted octanol–water partition coefficient (Wildman–Crippen LogP) is 3.72. The Kier molecular flexibility index (Phi) is 7.97. The van der Waals surface area contributed by atoms with Crippen LogP contribution in [0.2, 0.25) is 0 Å². The van der Waals surface area contributed by atoms with Crippen molar-refractivity contribution >= 4 is 23.6 Å². The van der Waals surface area contributed by atoms with Crippen LogP contribution in [0.3, 0.4) is 0 Å². The zero-order valence-electron chi connectivity index (χ0n) is 21.7. The second-order valence-electron chi connectivity index (χ2n) is 9.45. The summed E-state index contributed by atoms with van der Waals surface area (Å²) >= 11 is 0. The summed E-state index contributed by atoms with van der Waals surface area (Å²) in [7, 11) is 0. The van der Waals surface area contributed by atoms with E-state index in [1.54, 1.807) is 48.5 Å². The SMILES string of the molecule is O=C1NCc2ccc(cc2)CNC(=O)c2ccccc2C(=O)NCc2ccc(cc2)CNC(=O)c2ccccc21. The van der Waals surface area contributed by atoms with Gasteiger partial charge in [-0.05, 0) is 46.5 Å². The van der Waals surface area contributed by atoms with Gasteiger partial charge in [0.1, 0.15) is 0 Å². The monoisotopic (exact) mass is 532 g/mol. The van der Waals surface area contributed by atoms with Crippen LogP contribution in [-0.2, 0) is 26.2 Å². The average molecular weight is 533 g/mol. The fourth-order valence-electron chi connectivity index (χ4n) is 4.42. The Morgan fingerprint density at radius 1 is 0.325 bits per heavy atom. The Hall–Kier alpha value is -5.24. The average Bonchev–Trinajstić information content (AvgIpc) is 3.00. The third kappa shape index (κ3) is 6.24. The first-order chi connectivity index (χ1) is 19.5. The Bertz CT molecular complexity index is 1330. The molecule has 8 nitrogen and oxygen atoms in total. The zero-order valence-corrected chi connectivity index (χ0v) is 21.7. The number of hydrogen-bond acceptors (Lipinski definition) is 4. The highest BCUT2D eigenvalue weighted by Gasteiger charge is 2.18. The van der Waals surface area contributed by atoms with E-state index in [0.717, 1.165) is 22.3 Å². The van der Waals surface area contributed by atoms with Crippen molar-refractivity contribution in [1.29, 1.82) is 0 Å². The summed E-state index contributed by atoms with van der Waals surface area (Å²) in [4.78, 5) is 51.8. The summed E-state index contributed by atoms with van der Waals surface area (Å²) in [6.07, 6.45) is 0. The van der Waals surface area contributed by atoms with Gasteiger partial charge in [-0.3, -0.25) is 19.2 Å². The van der Waals surface area contributed by atoms with Gasteiger partial charge in [-0.15, -0.1) is 0 Å². The maximum Gasteiger partial charge on any atom is 0.252 e. The molecule has 4 N–H and O–H groups in total. The van der Waals surface area contributed by atoms with Crippen molar-refractivity contribution < 1.29 is 19.2 Å². The van der Waals surface area contributed by atoms with Crippen molar-refractivity contribution in [3.63, 3.8) is 0 Å². The number of amides is 4. The molecule has 4 bridgehead atoms. The van der Waals surface area contributed by atoms with E-state index in [9.17, 15) is 19.2 Å². The van der Waals surface area contributed by atoms with Crippen molar-refractivity contribution in [3.8, 4) is 0 Å². The summed E-state index contributed by atoms with van der Waals surface area (Å²) in [5.74, 6) is -1.38. The molecule has 0 aromatic heterocycles. The lowest BCUT2D eigenvalue weighted by atomic mass is 10.0. The van der Waals surface area contributed by atoms with E-state index in [2.05, 4.69) is 21.3 Å². The molecule has 0 atom stereocenters. The van der Waals surface area contributed by atoms with Crippen LogP contribution in [-0.4, -0.2) is 23.6 Å². The normalized spacial score (nSPS) is 14.6. The van der Waals surface area contributed by atoms with Crippen LogP contribution in [0.25, 0.3) is 0 Å². The van der Waals surface area contributed by atoms with Gasteiger partial charge in [-0.25, -0.2) is 0 Å². The molecule has 4 heterocycles. The highest BCUT2D eigenvalue weighted by molar-refractivity contribution is 6.08. The standard InChI is InChI=1S/C32H28N4O4/c37-29-25-5-1-2-6-26(25)30(38)34-18-22-13-15-24(16-14-22)20-36-32(40)28-8-4-3-7-27(28)31(39)35-19-23-11-9-21(10-12-23)17-33-29/h1-16H,17-20H2,(H,33,37)(H,34,38)(H,35,39)(H,36,40). The fraction of sp³-hybridized carbons (Fsp3) is 0.125. The molecular weight excluding hydrogens is 504 g/mol. The van der Waals surface area contributed by atoms with Crippen molar-refractivity contribution in [3.05, 3.63) is 142 Å². The van der Waals surface area contributed by atoms with Crippen molar-refractivity contribution in [1.82, 2.24) is 21.3 Å². The van der Waals surface area contributed by atoms with E-state index in [-0.39, 0.29) is 49.8 Å². The van der Waals surface area contributed by atoms with Gasteiger partial charge in [0.25, 0.3) is 23.6 Å². The van der Waals surface area contributed by atoms with Gasteiger partial charge in [0.05, 0.1) is 22.3 Å². The number of carbonyl (C=O) groups excluding carboxylic acids is 4. The molecule has 8 rings (SSSR count). The number of rotatable bonds is 0. The minimum Gasteiger partial charge on any atom is -0.348 e. The highest BCUT2D eigenvalue weighted by Crippen LogP contribution is 2.13. The Labute approximate surface area is 231 Å². The molecule has 4 aliphatic rings. The number of hydrogen-bond donors (Lipinski definition) is 4. The van der Waals surface area contributed by atoms with Crippen molar-refractivity contribution in [2.75, 3.05) is 0 Å². The first kappa shape index (κ1) is 26.4. The number of nitrogens with one attached hydrogen (secondary N) is 4. The van der Waals surface area contributed by atoms with Crippen molar-refractivity contribution in [2.45, 2.75) is 26.2 Å². The smallest absolute Gasteiger partial charge is 0.252 e. The van der Waals surface area contributed by atoms with E-state index in [4.69, 9.17) is 0 Å². The van der Waals surface area contributed by atoms with E-state index in [1.807, 2.05) is 48.5 Å². The largest absolute Gasteiger partial charge is 0.348 e. The van der Waals surface area contributed by atoms with E-state index in [0.29, 0.717) is 22.3 Å². The summed E-state index contributed by atoms with van der Waals surface area (Å²) < 4.78 is 0. The van der Waals surface area contributed by atoms with Crippen molar-refractivity contribution in [2.24, 2.45) is 0 Å². The molecular formula is C32H28N4O4. The molecule has 8 heteroatoms. The van der Waals surface area contributed by atoms with Crippen LogP contribution in [0.4, 0.5) is 0 Å². The Morgan fingerprint density at radius 2 is 0.525 bits per heavy atom. The number of carbonyl (C=O) groups is 4. The zero-order chi connectivity index (χ0) is 27.9. The molecule has 0 aliphatic carbocycles. The molecule has 200 valence electrons. The molecule has 40 heavy (non-hydrogen) atoms. The topological polar surface area (TPSA) is 116 Å². The Balaban J connectivity index is 1.40. The third-order valence-electron chi connectivity index (χ3n) is 6.69. The third-order valence-corrected chi connectivity index (χ3v) is 6.69. The lowest BCUT2D eigenvalue weighted by Crippen LogP contribution is -2.29. The molecule has 0 saturated carbocycles. The molecule has 0 radical (unpaired) electrons. The first-order valence-corrected chi connectivity index (χ1v) is 12.9. The van der Waals surface area contributed by atoms with Crippen LogP contribution in [0.15, 0.2) is 97.1 Å². The van der Waals surface area contributed by atoms with E-state index in [1.165, 1.54) is 0 Å². The predicted molar refractivity (Wildman–Crippen MR) is 150 cm³/mol. The fourth-order valence-corrected chi connectivity index (χ4v) is 4.42. The molecule has 4 aromatic carbocycles. The molecule has 0 saturated heterocycles. The molecule has 0 spiro atoms. The van der Waals surface area contributed by atoms with Crippen LogP contribution in [0.5, 0.6) is 0 Å². The number of benzene rings is 4. The Morgan fingerprint density at radius 3 is 0.725 bits per heavy atom. The minimum absolute atomic E-state index is 0.274. The van der Waals surface area contributed by atoms with Crippen LogP contribution < -0.4 is 21.3 Å². The van der Waals surface area contributed by atoms with Gasteiger partial charge in [0.15, 0.2) is 0 Å². The van der Waals surface area contributed by atoms with Gasteiger partial charge >= 0.3 is 0 Å². The van der Waals surface area contributed by atoms with Gasteiger partial charge < -0.3 is 21.3 Å². The quantitative estimate of drug-likeness (QED) is 0.276. The summed E-state index contributed by atoms with van der Waals surface area (Å²) in [5.41, 5.74) is 4.63. The van der Waals surface area contributed by atoms with Crippen LogP contribution >= 0.6 is 0 Å². The molecule has 4 amide bonds. The van der Waals surface area contributed by atoms with E-state index < -0.39 is 0 Å². The molecule has 4 aromatic rings. The molecule has 4 aliphatic heterocycles. The van der Waals surface area contributed by atoms with Crippen LogP contribution in [0, 0.1) is 0 Å². The summed E-state index contributed by atoms with van der Waals surface area (Å²) in [5, 5.41) is 11.5. The van der Waals surface area contributed by atoms with Crippen LogP contribution in [0.1, 0.15) is 63.7 Å². The highest BCUT2D eigenvalue weighted by atomic mass is 16.2. The molecule has 0 unspecified atom stereocenters. The van der Waals surface area contributed by atoms with Gasteiger partial charge in [0.2, 0.25) is 0 Å². The minimum atomic E-state index is -0.346. The molecule has 0 fully saturated rings. The second kappa shape index (κ2) is 12.1. The van der Waals surface area contributed by atoms with E-state index >= 15 is 0 Å². The lowest BCUT2D eigenvalue weighted by molar-refractivity contribution is 0.0916. The maximum atomic E-state index is 13.0. The van der Waals surface area contributed by atoms with Gasteiger partial charge in [-0.2, -0.15) is 0 Å². The lowest BCUT2D eigenvalue weighted by Gasteiger charge is -2.13. The second-order valence-corrected chi connectivity index (χ2v) is 9.45.